The van der Waals surface area contributed by atoms with Gasteiger partial charge in [0.2, 0.25) is 10.8 Å². The van der Waals surface area contributed by atoms with Crippen LogP contribution in [0.25, 0.3) is 4.96 Å². The highest BCUT2D eigenvalue weighted by atomic mass is 32.1. The number of aromatic hydroxyl groups is 1. The summed E-state index contributed by atoms with van der Waals surface area (Å²) >= 11 is 1.55. The largest absolute Gasteiger partial charge is 0.492 e. The molecule has 1 unspecified atom stereocenters. The van der Waals surface area contributed by atoms with Crippen LogP contribution in [0.15, 0.2) is 54.6 Å². The van der Waals surface area contributed by atoms with E-state index < -0.39 is 0 Å². The minimum absolute atomic E-state index is 0.0198. The molecule has 0 saturated carbocycles. The van der Waals surface area contributed by atoms with Gasteiger partial charge < -0.3 is 5.11 Å². The third-order valence-corrected chi connectivity index (χ3v) is 7.37. The first-order valence-corrected chi connectivity index (χ1v) is 11.8. The van der Waals surface area contributed by atoms with E-state index in [2.05, 4.69) is 76.5 Å². The Bertz CT molecular complexity index is 1170. The molecule has 2 aromatic carbocycles. The van der Waals surface area contributed by atoms with Crippen molar-refractivity contribution in [2.45, 2.75) is 39.2 Å². The standard InChI is InChI=1S/C25H28N4OS/c1-17-7-6-10-21(15-17)22(23-24(30)29-25(31-23)26-18(2)27-29)28-13-11-20(12-14-28)16-19-8-4-3-5-9-19/h3-10,15,20,22,30H,11-14,16H2,1-2H3. The lowest BCUT2D eigenvalue weighted by molar-refractivity contribution is 0.150. The molecular formula is C25H28N4OS. The van der Waals surface area contributed by atoms with Crippen molar-refractivity contribution in [1.29, 1.82) is 0 Å². The van der Waals surface area contributed by atoms with Crippen LogP contribution in [0.3, 0.4) is 0 Å². The van der Waals surface area contributed by atoms with E-state index in [1.807, 2.05) is 6.92 Å². The molecule has 5 nitrogen and oxygen atoms in total. The monoisotopic (exact) mass is 432 g/mol. The summed E-state index contributed by atoms with van der Waals surface area (Å²) in [6.45, 7) is 6.01. The summed E-state index contributed by atoms with van der Waals surface area (Å²) in [6.07, 6.45) is 3.47. The number of nitrogens with zero attached hydrogens (tertiary/aromatic N) is 4. The van der Waals surface area contributed by atoms with Gasteiger partial charge >= 0.3 is 0 Å². The molecule has 1 N–H and O–H groups in total. The molecule has 0 aliphatic carbocycles. The highest BCUT2D eigenvalue weighted by Crippen LogP contribution is 2.41. The van der Waals surface area contributed by atoms with Gasteiger partial charge in [0.15, 0.2) is 0 Å². The molecule has 0 bridgehead atoms. The summed E-state index contributed by atoms with van der Waals surface area (Å²) < 4.78 is 1.58. The number of hydrogen-bond donors (Lipinski definition) is 1. The maximum absolute atomic E-state index is 11.0. The van der Waals surface area contributed by atoms with Crippen LogP contribution in [0, 0.1) is 19.8 Å². The molecule has 1 fully saturated rings. The number of likely N-dealkylation sites (tertiary alicyclic amines) is 1. The smallest absolute Gasteiger partial charge is 0.230 e. The summed E-state index contributed by atoms with van der Waals surface area (Å²) in [5.41, 5.74) is 3.88. The van der Waals surface area contributed by atoms with Crippen molar-refractivity contribution >= 4 is 16.3 Å². The minimum Gasteiger partial charge on any atom is -0.492 e. The van der Waals surface area contributed by atoms with Crippen LogP contribution in [0.5, 0.6) is 5.88 Å². The van der Waals surface area contributed by atoms with Gasteiger partial charge in [-0.05, 0) is 63.2 Å². The lowest BCUT2D eigenvalue weighted by Crippen LogP contribution is -2.37. The first-order valence-electron chi connectivity index (χ1n) is 11.0. The molecule has 3 heterocycles. The summed E-state index contributed by atoms with van der Waals surface area (Å²) in [7, 11) is 0. The van der Waals surface area contributed by atoms with Gasteiger partial charge in [0.05, 0.1) is 10.9 Å². The number of rotatable bonds is 5. The first-order chi connectivity index (χ1) is 15.1. The van der Waals surface area contributed by atoms with E-state index in [0.29, 0.717) is 11.7 Å². The molecule has 0 amide bonds. The van der Waals surface area contributed by atoms with Gasteiger partial charge in [-0.15, -0.1) is 5.10 Å². The Kier molecular flexibility index (Phi) is 5.50. The van der Waals surface area contributed by atoms with Crippen LogP contribution in [0.2, 0.25) is 0 Å². The van der Waals surface area contributed by atoms with Gasteiger partial charge in [-0.1, -0.05) is 71.5 Å². The number of fused-ring (bicyclic) bond motifs is 1. The zero-order valence-electron chi connectivity index (χ0n) is 18.0. The Morgan fingerprint density at radius 2 is 1.84 bits per heavy atom. The van der Waals surface area contributed by atoms with E-state index in [4.69, 9.17) is 0 Å². The molecule has 4 aromatic rings. The number of hydrogen-bond acceptors (Lipinski definition) is 5. The van der Waals surface area contributed by atoms with Gasteiger partial charge in [-0.2, -0.15) is 4.52 Å². The predicted octanol–water partition coefficient (Wildman–Crippen LogP) is 5.16. The third kappa shape index (κ3) is 4.10. The molecule has 1 aliphatic rings. The topological polar surface area (TPSA) is 53.7 Å². The molecule has 5 rings (SSSR count). The molecule has 1 aliphatic heterocycles. The highest BCUT2D eigenvalue weighted by Gasteiger charge is 2.32. The number of aryl methyl sites for hydroxylation is 2. The average Bonchev–Trinajstić information content (AvgIpc) is 3.27. The summed E-state index contributed by atoms with van der Waals surface area (Å²) in [5, 5.41) is 15.4. The Hall–Kier alpha value is -2.70. The summed E-state index contributed by atoms with van der Waals surface area (Å²) in [6, 6.07) is 19.5. The Morgan fingerprint density at radius 3 is 2.55 bits per heavy atom. The van der Waals surface area contributed by atoms with Gasteiger partial charge in [0.25, 0.3) is 0 Å². The Balaban J connectivity index is 1.43. The molecule has 0 spiro atoms. The second kappa shape index (κ2) is 8.44. The summed E-state index contributed by atoms with van der Waals surface area (Å²) in [4.78, 5) is 8.69. The normalized spacial score (nSPS) is 16.7. The van der Waals surface area contributed by atoms with Gasteiger partial charge in [-0.25, -0.2) is 4.98 Å². The lowest BCUT2D eigenvalue weighted by Gasteiger charge is -2.37. The van der Waals surface area contributed by atoms with E-state index >= 15 is 0 Å². The number of benzene rings is 2. The molecule has 1 saturated heterocycles. The van der Waals surface area contributed by atoms with E-state index in [1.54, 1.807) is 15.9 Å². The maximum Gasteiger partial charge on any atom is 0.230 e. The van der Waals surface area contributed by atoms with E-state index in [0.717, 1.165) is 42.2 Å². The lowest BCUT2D eigenvalue weighted by atomic mass is 9.88. The van der Waals surface area contributed by atoms with Gasteiger partial charge in [0, 0.05) is 0 Å². The van der Waals surface area contributed by atoms with Crippen LogP contribution in [0.4, 0.5) is 0 Å². The first kappa shape index (κ1) is 20.2. The van der Waals surface area contributed by atoms with Crippen molar-refractivity contribution < 1.29 is 5.11 Å². The number of piperidine rings is 1. The zero-order valence-corrected chi connectivity index (χ0v) is 18.8. The molecule has 1 atom stereocenters. The summed E-state index contributed by atoms with van der Waals surface area (Å²) in [5.74, 6) is 1.61. The molecule has 0 radical (unpaired) electrons. The molecule has 31 heavy (non-hydrogen) atoms. The molecular weight excluding hydrogens is 404 g/mol. The van der Waals surface area contributed by atoms with Crippen molar-refractivity contribution in [3.8, 4) is 5.88 Å². The van der Waals surface area contributed by atoms with Gasteiger partial charge in [-0.3, -0.25) is 4.90 Å². The average molecular weight is 433 g/mol. The number of aromatic nitrogens is 3. The van der Waals surface area contributed by atoms with E-state index in [1.165, 1.54) is 16.7 Å². The number of thiazole rings is 1. The molecule has 2 aromatic heterocycles. The molecule has 6 heteroatoms. The molecule has 160 valence electrons. The third-order valence-electron chi connectivity index (χ3n) is 6.29. The van der Waals surface area contributed by atoms with Crippen molar-refractivity contribution in [2.24, 2.45) is 5.92 Å². The van der Waals surface area contributed by atoms with Gasteiger partial charge in [0.1, 0.15) is 5.82 Å². The fourth-order valence-electron chi connectivity index (χ4n) is 4.76. The van der Waals surface area contributed by atoms with Crippen LogP contribution >= 0.6 is 11.3 Å². The van der Waals surface area contributed by atoms with Crippen molar-refractivity contribution in [2.75, 3.05) is 13.1 Å². The SMILES string of the molecule is Cc1cccc(C(c2sc3nc(C)nn3c2O)N2CCC(Cc3ccccc3)CC2)c1. The fourth-order valence-corrected chi connectivity index (χ4v) is 5.92. The Morgan fingerprint density at radius 1 is 1.06 bits per heavy atom. The minimum atomic E-state index is 0.0198. The Labute approximate surface area is 187 Å². The van der Waals surface area contributed by atoms with Crippen molar-refractivity contribution in [1.82, 2.24) is 19.5 Å². The fraction of sp³-hybridized carbons (Fsp3) is 0.360. The highest BCUT2D eigenvalue weighted by molar-refractivity contribution is 7.17. The second-order valence-electron chi connectivity index (χ2n) is 8.63. The van der Waals surface area contributed by atoms with Crippen LogP contribution in [-0.2, 0) is 6.42 Å². The van der Waals surface area contributed by atoms with Crippen molar-refractivity contribution in [3.63, 3.8) is 0 Å². The van der Waals surface area contributed by atoms with E-state index in [-0.39, 0.29) is 11.9 Å². The second-order valence-corrected chi connectivity index (χ2v) is 9.64. The van der Waals surface area contributed by atoms with Crippen molar-refractivity contribution in [3.05, 3.63) is 82.0 Å². The predicted molar refractivity (Wildman–Crippen MR) is 125 cm³/mol. The van der Waals surface area contributed by atoms with E-state index in [9.17, 15) is 5.11 Å². The maximum atomic E-state index is 11.0. The quantitative estimate of drug-likeness (QED) is 0.473. The van der Waals surface area contributed by atoms with Crippen LogP contribution < -0.4 is 0 Å². The van der Waals surface area contributed by atoms with Crippen LogP contribution in [0.1, 0.15) is 46.3 Å². The van der Waals surface area contributed by atoms with Crippen LogP contribution in [-0.4, -0.2) is 37.7 Å². The zero-order chi connectivity index (χ0) is 21.4.